The van der Waals surface area contributed by atoms with Crippen LogP contribution in [0, 0.1) is 6.92 Å². The SMILES string of the molecule is Cc1ccc(NC(=S)NC(=O)/C=C/c2ccccc2Cl)cc1. The van der Waals surface area contributed by atoms with Crippen molar-refractivity contribution >= 4 is 46.6 Å². The number of hydrogen-bond acceptors (Lipinski definition) is 2. The quantitative estimate of drug-likeness (QED) is 0.655. The van der Waals surface area contributed by atoms with E-state index in [9.17, 15) is 4.79 Å². The second kappa shape index (κ2) is 7.73. The summed E-state index contributed by atoms with van der Waals surface area (Å²) in [5.41, 5.74) is 2.76. The molecule has 1 amide bonds. The average molecular weight is 331 g/mol. The van der Waals surface area contributed by atoms with Crippen LogP contribution in [0.5, 0.6) is 0 Å². The fourth-order valence-electron chi connectivity index (χ4n) is 1.73. The molecular weight excluding hydrogens is 316 g/mol. The largest absolute Gasteiger partial charge is 0.332 e. The van der Waals surface area contributed by atoms with Gasteiger partial charge in [0.15, 0.2) is 5.11 Å². The second-order valence-corrected chi connectivity index (χ2v) is 5.48. The van der Waals surface area contributed by atoms with E-state index in [1.54, 1.807) is 12.1 Å². The van der Waals surface area contributed by atoms with E-state index in [1.165, 1.54) is 6.08 Å². The van der Waals surface area contributed by atoms with Gasteiger partial charge in [-0.15, -0.1) is 0 Å². The summed E-state index contributed by atoms with van der Waals surface area (Å²) >= 11 is 11.1. The minimum atomic E-state index is -0.315. The first-order valence-corrected chi connectivity index (χ1v) is 7.44. The van der Waals surface area contributed by atoms with E-state index in [4.69, 9.17) is 23.8 Å². The number of aryl methyl sites for hydroxylation is 1. The van der Waals surface area contributed by atoms with Gasteiger partial charge >= 0.3 is 0 Å². The number of halogens is 1. The maximum Gasteiger partial charge on any atom is 0.250 e. The molecule has 0 aliphatic heterocycles. The normalized spacial score (nSPS) is 10.5. The maximum absolute atomic E-state index is 11.8. The molecule has 0 aliphatic carbocycles. The van der Waals surface area contributed by atoms with Gasteiger partial charge in [-0.25, -0.2) is 0 Å². The Balaban J connectivity index is 1.90. The van der Waals surface area contributed by atoms with Crippen molar-refractivity contribution in [3.63, 3.8) is 0 Å². The van der Waals surface area contributed by atoms with Gasteiger partial charge in [-0.2, -0.15) is 0 Å². The number of carbonyl (C=O) groups is 1. The third-order valence-electron chi connectivity index (χ3n) is 2.87. The van der Waals surface area contributed by atoms with Crippen LogP contribution in [0.25, 0.3) is 6.08 Å². The van der Waals surface area contributed by atoms with Crippen molar-refractivity contribution in [2.75, 3.05) is 5.32 Å². The van der Waals surface area contributed by atoms with Gasteiger partial charge in [-0.1, -0.05) is 47.5 Å². The zero-order valence-corrected chi connectivity index (χ0v) is 13.5. The third kappa shape index (κ3) is 4.98. The first-order valence-electron chi connectivity index (χ1n) is 6.66. The molecule has 22 heavy (non-hydrogen) atoms. The molecule has 0 saturated carbocycles. The fraction of sp³-hybridized carbons (Fsp3) is 0.0588. The molecule has 0 radical (unpaired) electrons. The van der Waals surface area contributed by atoms with E-state index in [0.717, 1.165) is 16.8 Å². The summed E-state index contributed by atoms with van der Waals surface area (Å²) in [6.45, 7) is 2.00. The summed E-state index contributed by atoms with van der Waals surface area (Å²) < 4.78 is 0. The molecule has 5 heteroatoms. The van der Waals surface area contributed by atoms with E-state index in [1.807, 2.05) is 49.4 Å². The van der Waals surface area contributed by atoms with Crippen LogP contribution >= 0.6 is 23.8 Å². The summed E-state index contributed by atoms with van der Waals surface area (Å²) in [6, 6.07) is 15.0. The van der Waals surface area contributed by atoms with E-state index >= 15 is 0 Å². The highest BCUT2D eigenvalue weighted by atomic mass is 35.5. The first kappa shape index (κ1) is 16.2. The van der Waals surface area contributed by atoms with Crippen LogP contribution in [0.2, 0.25) is 5.02 Å². The number of thiocarbonyl (C=S) groups is 1. The van der Waals surface area contributed by atoms with Crippen LogP contribution < -0.4 is 10.6 Å². The van der Waals surface area contributed by atoms with Crippen LogP contribution in [-0.4, -0.2) is 11.0 Å². The van der Waals surface area contributed by atoms with Gasteiger partial charge in [0.2, 0.25) is 5.91 Å². The highest BCUT2D eigenvalue weighted by Gasteiger charge is 2.02. The fourth-order valence-corrected chi connectivity index (χ4v) is 2.15. The Kier molecular flexibility index (Phi) is 5.69. The molecule has 0 spiro atoms. The molecule has 2 aromatic rings. The summed E-state index contributed by atoms with van der Waals surface area (Å²) in [4.78, 5) is 11.8. The predicted molar refractivity (Wildman–Crippen MR) is 96.0 cm³/mol. The Labute approximate surface area is 140 Å². The molecule has 0 atom stereocenters. The lowest BCUT2D eigenvalue weighted by atomic mass is 10.2. The van der Waals surface area contributed by atoms with Crippen molar-refractivity contribution in [2.45, 2.75) is 6.92 Å². The molecule has 112 valence electrons. The molecule has 0 aliphatic rings. The molecule has 0 heterocycles. The third-order valence-corrected chi connectivity index (χ3v) is 3.41. The molecule has 0 saturated heterocycles. The topological polar surface area (TPSA) is 41.1 Å². The van der Waals surface area contributed by atoms with Crippen LogP contribution in [-0.2, 0) is 4.79 Å². The lowest BCUT2D eigenvalue weighted by molar-refractivity contribution is -0.115. The number of anilines is 1. The van der Waals surface area contributed by atoms with Gasteiger partial charge in [0.1, 0.15) is 0 Å². The second-order valence-electron chi connectivity index (χ2n) is 4.66. The van der Waals surface area contributed by atoms with Crippen molar-refractivity contribution in [1.82, 2.24) is 5.32 Å². The van der Waals surface area contributed by atoms with Gasteiger partial charge in [-0.3, -0.25) is 10.1 Å². The van der Waals surface area contributed by atoms with E-state index in [0.29, 0.717) is 5.02 Å². The van der Waals surface area contributed by atoms with Gasteiger partial charge in [0, 0.05) is 16.8 Å². The lowest BCUT2D eigenvalue weighted by Crippen LogP contribution is -2.32. The molecule has 2 rings (SSSR count). The van der Waals surface area contributed by atoms with Crippen LogP contribution in [0.3, 0.4) is 0 Å². The number of nitrogens with one attached hydrogen (secondary N) is 2. The Morgan fingerprint density at radius 2 is 1.82 bits per heavy atom. The van der Waals surface area contributed by atoms with E-state index in [2.05, 4.69) is 10.6 Å². The van der Waals surface area contributed by atoms with Crippen molar-refractivity contribution < 1.29 is 4.79 Å². The molecule has 2 aromatic carbocycles. The summed E-state index contributed by atoms with van der Waals surface area (Å²) in [5, 5.41) is 6.37. The number of hydrogen-bond donors (Lipinski definition) is 2. The van der Waals surface area contributed by atoms with Gasteiger partial charge < -0.3 is 5.32 Å². The monoisotopic (exact) mass is 330 g/mol. The highest BCUT2D eigenvalue weighted by molar-refractivity contribution is 7.80. The summed E-state index contributed by atoms with van der Waals surface area (Å²) in [7, 11) is 0. The molecule has 0 unspecified atom stereocenters. The van der Waals surface area contributed by atoms with Gasteiger partial charge in [0.05, 0.1) is 0 Å². The van der Waals surface area contributed by atoms with Crippen molar-refractivity contribution in [3.8, 4) is 0 Å². The highest BCUT2D eigenvalue weighted by Crippen LogP contribution is 2.16. The number of carbonyl (C=O) groups excluding carboxylic acids is 1. The number of benzene rings is 2. The predicted octanol–water partition coefficient (Wildman–Crippen LogP) is 4.17. The molecule has 2 N–H and O–H groups in total. The zero-order chi connectivity index (χ0) is 15.9. The number of amides is 1. The van der Waals surface area contributed by atoms with Crippen LogP contribution in [0.4, 0.5) is 5.69 Å². The molecule has 0 aromatic heterocycles. The Bertz CT molecular complexity index is 711. The minimum absolute atomic E-state index is 0.248. The van der Waals surface area contributed by atoms with Crippen molar-refractivity contribution in [1.29, 1.82) is 0 Å². The minimum Gasteiger partial charge on any atom is -0.332 e. The summed E-state index contributed by atoms with van der Waals surface area (Å²) in [5.74, 6) is -0.315. The van der Waals surface area contributed by atoms with Gasteiger partial charge in [-0.05, 0) is 49.0 Å². The Morgan fingerprint density at radius 1 is 1.14 bits per heavy atom. The van der Waals surface area contributed by atoms with Crippen LogP contribution in [0.1, 0.15) is 11.1 Å². The van der Waals surface area contributed by atoms with Gasteiger partial charge in [0.25, 0.3) is 0 Å². The van der Waals surface area contributed by atoms with Crippen LogP contribution in [0.15, 0.2) is 54.6 Å². The standard InChI is InChI=1S/C17H15ClN2OS/c1-12-6-9-14(10-7-12)19-17(22)20-16(21)11-8-13-4-2-3-5-15(13)18/h2-11H,1H3,(H2,19,20,21,22)/b11-8+. The smallest absolute Gasteiger partial charge is 0.250 e. The first-order chi connectivity index (χ1) is 10.5. The number of rotatable bonds is 3. The summed E-state index contributed by atoms with van der Waals surface area (Å²) in [6.07, 6.45) is 3.04. The maximum atomic E-state index is 11.8. The average Bonchev–Trinajstić information content (AvgIpc) is 2.49. The Morgan fingerprint density at radius 3 is 2.50 bits per heavy atom. The molecule has 0 fully saturated rings. The zero-order valence-electron chi connectivity index (χ0n) is 12.0. The van der Waals surface area contributed by atoms with Crippen molar-refractivity contribution in [2.24, 2.45) is 0 Å². The van der Waals surface area contributed by atoms with Crippen molar-refractivity contribution in [3.05, 3.63) is 70.8 Å². The Hall–Kier alpha value is -2.17. The lowest BCUT2D eigenvalue weighted by Gasteiger charge is -2.08. The molecular formula is C17H15ClN2OS. The van der Waals surface area contributed by atoms with E-state index < -0.39 is 0 Å². The molecule has 0 bridgehead atoms. The molecule has 3 nitrogen and oxygen atoms in total. The van der Waals surface area contributed by atoms with E-state index in [-0.39, 0.29) is 11.0 Å².